The fraction of sp³-hybridized carbons (Fsp3) is 0.188. The first-order valence-corrected chi connectivity index (χ1v) is 8.74. The lowest BCUT2D eigenvalue weighted by atomic mass is 10.1. The number of esters is 1. The number of allylic oxidation sites excluding steroid dienone is 1. The molecule has 24 heavy (non-hydrogen) atoms. The van der Waals surface area contributed by atoms with Crippen molar-refractivity contribution in [1.29, 1.82) is 0 Å². The molecule has 1 aromatic heterocycles. The van der Waals surface area contributed by atoms with E-state index < -0.39 is 10.8 Å². The van der Waals surface area contributed by atoms with Gasteiger partial charge in [-0.15, -0.1) is 0 Å². The average Bonchev–Trinajstić information content (AvgIpc) is 3.04. The first-order valence-electron chi connectivity index (χ1n) is 7.13. The van der Waals surface area contributed by atoms with Crippen LogP contribution in [0.25, 0.3) is 11.6 Å². The molecule has 3 rings (SSSR count). The van der Waals surface area contributed by atoms with Gasteiger partial charge in [0.05, 0.1) is 17.2 Å². The van der Waals surface area contributed by atoms with Crippen molar-refractivity contribution in [1.82, 2.24) is 4.57 Å². The van der Waals surface area contributed by atoms with Gasteiger partial charge in [-0.3, -0.25) is 19.1 Å². The van der Waals surface area contributed by atoms with Crippen molar-refractivity contribution in [3.05, 3.63) is 42.8 Å². The summed E-state index contributed by atoms with van der Waals surface area (Å²) in [5.41, 5.74) is 2.51. The molecular weight excluding hydrogens is 396 g/mol. The molecule has 2 heterocycles. The maximum absolute atomic E-state index is 12.0. The van der Waals surface area contributed by atoms with Crippen molar-refractivity contribution in [3.8, 4) is 5.88 Å². The Bertz CT molecular complexity index is 927. The van der Waals surface area contributed by atoms with Crippen LogP contribution in [0, 0.1) is 0 Å². The third-order valence-corrected chi connectivity index (χ3v) is 4.79. The van der Waals surface area contributed by atoms with Crippen molar-refractivity contribution in [2.24, 2.45) is 4.99 Å². The summed E-state index contributed by atoms with van der Waals surface area (Å²) in [7, 11) is 0. The summed E-state index contributed by atoms with van der Waals surface area (Å²) in [5, 5.41) is 10.3. The van der Waals surface area contributed by atoms with Crippen molar-refractivity contribution in [2.75, 3.05) is 6.61 Å². The van der Waals surface area contributed by atoms with Gasteiger partial charge in [0.25, 0.3) is 0 Å². The third kappa shape index (κ3) is 3.20. The molecule has 124 valence electrons. The zero-order chi connectivity index (χ0) is 17.3. The summed E-state index contributed by atoms with van der Waals surface area (Å²) in [6.07, 6.45) is 3.36. The van der Waals surface area contributed by atoms with Gasteiger partial charge in [-0.25, -0.2) is 0 Å². The highest BCUT2D eigenvalue weighted by atomic mass is 79.9. The summed E-state index contributed by atoms with van der Waals surface area (Å²) in [4.78, 5) is 27.8. The van der Waals surface area contributed by atoms with Crippen LogP contribution in [-0.2, 0) is 16.1 Å². The predicted octanol–water partition coefficient (Wildman–Crippen LogP) is 3.20. The van der Waals surface area contributed by atoms with Crippen LogP contribution >= 0.6 is 27.3 Å². The van der Waals surface area contributed by atoms with Crippen LogP contribution in [-0.4, -0.2) is 28.5 Å². The number of carbonyl (C=O) groups excluding carboxylic acids is 1. The van der Waals surface area contributed by atoms with Gasteiger partial charge in [0.15, 0.2) is 0 Å². The molecule has 0 saturated carbocycles. The fourth-order valence-electron chi connectivity index (χ4n) is 2.30. The highest BCUT2D eigenvalue weighted by molar-refractivity contribution is 9.10. The Morgan fingerprint density at radius 1 is 1.50 bits per heavy atom. The van der Waals surface area contributed by atoms with Crippen LogP contribution in [0.4, 0.5) is 5.69 Å². The molecule has 1 N–H and O–H groups in total. The summed E-state index contributed by atoms with van der Waals surface area (Å²) in [6.45, 7) is 1.59. The lowest BCUT2D eigenvalue weighted by molar-refractivity contribution is -0.143. The molecule has 0 bridgehead atoms. The zero-order valence-corrected chi connectivity index (χ0v) is 15.1. The number of carbonyl (C=O) groups is 1. The van der Waals surface area contributed by atoms with E-state index in [1.165, 1.54) is 0 Å². The molecule has 8 heteroatoms. The summed E-state index contributed by atoms with van der Waals surface area (Å²) in [6, 6.07) is 5.69. The molecule has 0 unspecified atom stereocenters. The van der Waals surface area contributed by atoms with Gasteiger partial charge in [0.1, 0.15) is 6.54 Å². The SMILES string of the molecule is CCOC(=O)Cn1c(O)c(/C=C2\C=Nc3ccc(Br)cc32)sc1=O. The summed E-state index contributed by atoms with van der Waals surface area (Å²) in [5.74, 6) is -0.814. The molecule has 0 fully saturated rings. The Morgan fingerprint density at radius 2 is 2.29 bits per heavy atom. The van der Waals surface area contributed by atoms with Gasteiger partial charge in [0, 0.05) is 21.8 Å². The van der Waals surface area contributed by atoms with Gasteiger partial charge >= 0.3 is 10.8 Å². The number of aromatic hydroxyl groups is 1. The molecule has 0 atom stereocenters. The molecule has 0 aliphatic carbocycles. The monoisotopic (exact) mass is 408 g/mol. The van der Waals surface area contributed by atoms with E-state index in [0.717, 1.165) is 37.2 Å². The Morgan fingerprint density at radius 3 is 3.04 bits per heavy atom. The number of rotatable bonds is 4. The Hall–Kier alpha value is -2.19. The van der Waals surface area contributed by atoms with Crippen molar-refractivity contribution >= 4 is 56.8 Å². The topological polar surface area (TPSA) is 80.9 Å². The molecule has 0 radical (unpaired) electrons. The van der Waals surface area contributed by atoms with Gasteiger partial charge in [0.2, 0.25) is 5.88 Å². The second-order valence-electron chi connectivity index (χ2n) is 4.97. The maximum Gasteiger partial charge on any atom is 0.326 e. The molecule has 1 aliphatic rings. The van der Waals surface area contributed by atoms with Gasteiger partial charge in [-0.05, 0) is 31.2 Å². The number of thiazole rings is 1. The van der Waals surface area contributed by atoms with E-state index in [-0.39, 0.29) is 19.0 Å². The molecule has 0 spiro atoms. The number of aliphatic imine (C=N–C) groups is 1. The predicted molar refractivity (Wildman–Crippen MR) is 97.0 cm³/mol. The number of benzene rings is 1. The van der Waals surface area contributed by atoms with Crippen molar-refractivity contribution in [3.63, 3.8) is 0 Å². The quantitative estimate of drug-likeness (QED) is 0.787. The standard InChI is InChI=1S/C16H13BrN2O4S/c1-2-23-14(20)8-19-15(21)13(24-16(19)22)5-9-7-18-12-4-3-10(17)6-11(9)12/h3-7,21H,2,8H2,1H3/b9-5+. The minimum Gasteiger partial charge on any atom is -0.493 e. The first-order chi connectivity index (χ1) is 11.5. The zero-order valence-electron chi connectivity index (χ0n) is 12.7. The molecular formula is C16H13BrN2O4S. The molecule has 6 nitrogen and oxygen atoms in total. The molecule has 0 saturated heterocycles. The number of halogens is 1. The minimum absolute atomic E-state index is 0.220. The minimum atomic E-state index is -0.566. The van der Waals surface area contributed by atoms with E-state index in [4.69, 9.17) is 4.74 Å². The number of fused-ring (bicyclic) bond motifs is 1. The van der Waals surface area contributed by atoms with Crippen LogP contribution in [0.3, 0.4) is 0 Å². The largest absolute Gasteiger partial charge is 0.493 e. The highest BCUT2D eigenvalue weighted by Crippen LogP contribution is 2.36. The smallest absolute Gasteiger partial charge is 0.326 e. The first kappa shape index (κ1) is 16.7. The average molecular weight is 409 g/mol. The van der Waals surface area contributed by atoms with Crippen molar-refractivity contribution in [2.45, 2.75) is 13.5 Å². The number of ether oxygens (including phenoxy) is 1. The van der Waals surface area contributed by atoms with Gasteiger partial charge < -0.3 is 9.84 Å². The third-order valence-electron chi connectivity index (χ3n) is 3.39. The lowest BCUT2D eigenvalue weighted by Crippen LogP contribution is -2.20. The van der Waals surface area contributed by atoms with Crippen LogP contribution in [0.1, 0.15) is 17.4 Å². The maximum atomic E-state index is 12.0. The van der Waals surface area contributed by atoms with Crippen molar-refractivity contribution < 1.29 is 14.6 Å². The van der Waals surface area contributed by atoms with E-state index >= 15 is 0 Å². The van der Waals surface area contributed by atoms with E-state index in [0.29, 0.717) is 4.88 Å². The van der Waals surface area contributed by atoms with E-state index in [2.05, 4.69) is 20.9 Å². The summed E-state index contributed by atoms with van der Waals surface area (Å²) >= 11 is 4.28. The second kappa shape index (κ2) is 6.74. The highest BCUT2D eigenvalue weighted by Gasteiger charge is 2.18. The normalized spacial score (nSPS) is 14.2. The van der Waals surface area contributed by atoms with Crippen LogP contribution < -0.4 is 4.87 Å². The van der Waals surface area contributed by atoms with Gasteiger partial charge in [-0.2, -0.15) is 0 Å². The van der Waals surface area contributed by atoms with Crippen LogP contribution in [0.2, 0.25) is 0 Å². The number of hydrogen-bond donors (Lipinski definition) is 1. The van der Waals surface area contributed by atoms with E-state index in [1.807, 2.05) is 18.2 Å². The molecule has 0 amide bonds. The molecule has 2 aromatic rings. The Kier molecular flexibility index (Phi) is 4.68. The van der Waals surface area contributed by atoms with Crippen LogP contribution in [0.15, 0.2) is 32.5 Å². The lowest BCUT2D eigenvalue weighted by Gasteiger charge is -2.03. The Balaban J connectivity index is 1.96. The summed E-state index contributed by atoms with van der Waals surface area (Å²) < 4.78 is 6.73. The van der Waals surface area contributed by atoms with E-state index in [9.17, 15) is 14.7 Å². The van der Waals surface area contributed by atoms with Gasteiger partial charge in [-0.1, -0.05) is 27.3 Å². The molecule has 1 aliphatic heterocycles. The number of hydrogen-bond acceptors (Lipinski definition) is 6. The second-order valence-corrected chi connectivity index (χ2v) is 6.88. The van der Waals surface area contributed by atoms with Crippen LogP contribution in [0.5, 0.6) is 5.88 Å². The number of aromatic nitrogens is 1. The molecule has 1 aromatic carbocycles. The fourth-order valence-corrected chi connectivity index (χ4v) is 3.50. The Labute approximate surface area is 149 Å². The van der Waals surface area contributed by atoms with E-state index in [1.54, 1.807) is 19.2 Å². The number of nitrogens with zero attached hydrogens (tertiary/aromatic N) is 2.